The maximum absolute atomic E-state index is 11.5. The average Bonchev–Trinajstić information content (AvgIpc) is 2.30. The molecule has 16 heavy (non-hydrogen) atoms. The van der Waals surface area contributed by atoms with Gasteiger partial charge in [-0.3, -0.25) is 9.78 Å². The van der Waals surface area contributed by atoms with Crippen LogP contribution in [0.2, 0.25) is 0 Å². The van der Waals surface area contributed by atoms with Gasteiger partial charge in [-0.05, 0) is 12.8 Å². The predicted octanol–water partition coefficient (Wildman–Crippen LogP) is 1.00. The summed E-state index contributed by atoms with van der Waals surface area (Å²) < 4.78 is 0. The first-order chi connectivity index (χ1) is 7.70. The molecule has 0 heterocycles. The highest BCUT2D eigenvalue weighted by atomic mass is 17.2. The Hall–Kier alpha value is -1.14. The summed E-state index contributed by atoms with van der Waals surface area (Å²) in [6.07, 6.45) is 2.98. The standard InChI is InChI=1S/C10H16O6/c1-13-15-9(11)7-5-3-4-6-8(7)10(12)16-14-2/h7-8H,3-6H2,1-2H3/t7-,8+. The van der Waals surface area contributed by atoms with Gasteiger partial charge in [0.25, 0.3) is 0 Å². The molecule has 0 aromatic heterocycles. The molecular formula is C10H16O6. The van der Waals surface area contributed by atoms with Gasteiger partial charge >= 0.3 is 11.9 Å². The summed E-state index contributed by atoms with van der Waals surface area (Å²) in [6, 6.07) is 0. The van der Waals surface area contributed by atoms with E-state index in [0.717, 1.165) is 12.8 Å². The van der Waals surface area contributed by atoms with Gasteiger partial charge in [-0.15, -0.1) is 0 Å². The first-order valence-electron chi connectivity index (χ1n) is 5.19. The zero-order valence-electron chi connectivity index (χ0n) is 9.43. The van der Waals surface area contributed by atoms with Crippen LogP contribution in [0, 0.1) is 11.8 Å². The number of hydrogen-bond acceptors (Lipinski definition) is 6. The van der Waals surface area contributed by atoms with Crippen molar-refractivity contribution >= 4 is 11.9 Å². The van der Waals surface area contributed by atoms with Crippen LogP contribution in [0.1, 0.15) is 25.7 Å². The van der Waals surface area contributed by atoms with E-state index in [1.165, 1.54) is 14.2 Å². The zero-order chi connectivity index (χ0) is 12.0. The number of rotatable bonds is 4. The lowest BCUT2D eigenvalue weighted by Gasteiger charge is -2.26. The maximum Gasteiger partial charge on any atom is 0.346 e. The van der Waals surface area contributed by atoms with Gasteiger partial charge in [0, 0.05) is 0 Å². The van der Waals surface area contributed by atoms with E-state index >= 15 is 0 Å². The van der Waals surface area contributed by atoms with Crippen molar-refractivity contribution in [3.8, 4) is 0 Å². The second kappa shape index (κ2) is 6.44. The summed E-state index contributed by atoms with van der Waals surface area (Å²) in [5, 5.41) is 0. The molecule has 6 nitrogen and oxygen atoms in total. The molecule has 0 aliphatic heterocycles. The second-order valence-corrected chi connectivity index (χ2v) is 3.64. The van der Waals surface area contributed by atoms with E-state index in [-0.39, 0.29) is 0 Å². The molecule has 0 spiro atoms. The van der Waals surface area contributed by atoms with Gasteiger partial charge in [0.15, 0.2) is 0 Å². The van der Waals surface area contributed by atoms with E-state index in [4.69, 9.17) is 0 Å². The van der Waals surface area contributed by atoms with Crippen LogP contribution in [0.25, 0.3) is 0 Å². The van der Waals surface area contributed by atoms with E-state index in [1.807, 2.05) is 0 Å². The van der Waals surface area contributed by atoms with E-state index in [2.05, 4.69) is 19.6 Å². The summed E-state index contributed by atoms with van der Waals surface area (Å²) >= 11 is 0. The van der Waals surface area contributed by atoms with E-state index in [0.29, 0.717) is 12.8 Å². The van der Waals surface area contributed by atoms with Crippen LogP contribution in [0.3, 0.4) is 0 Å². The minimum Gasteiger partial charge on any atom is -0.298 e. The number of carbonyl (C=O) groups excluding carboxylic acids is 2. The molecule has 92 valence electrons. The molecule has 1 aliphatic carbocycles. The van der Waals surface area contributed by atoms with Crippen molar-refractivity contribution in [1.82, 2.24) is 0 Å². The monoisotopic (exact) mass is 232 g/mol. The molecular weight excluding hydrogens is 216 g/mol. The van der Waals surface area contributed by atoms with Crippen molar-refractivity contribution < 1.29 is 29.1 Å². The molecule has 0 aromatic rings. The molecule has 0 radical (unpaired) electrons. The van der Waals surface area contributed by atoms with Crippen molar-refractivity contribution in [3.63, 3.8) is 0 Å². The summed E-state index contributed by atoms with van der Waals surface area (Å²) in [5.41, 5.74) is 0. The minimum atomic E-state index is -0.528. The molecule has 1 aliphatic rings. The van der Waals surface area contributed by atoms with Gasteiger partial charge in [0.05, 0.1) is 26.1 Å². The van der Waals surface area contributed by atoms with Gasteiger partial charge in [-0.1, -0.05) is 12.8 Å². The Labute approximate surface area is 93.7 Å². The quantitative estimate of drug-likeness (QED) is 0.532. The Morgan fingerprint density at radius 3 is 1.56 bits per heavy atom. The Kier molecular flexibility index (Phi) is 5.21. The SMILES string of the molecule is COOC(=O)[C@H]1CCCC[C@H]1C(=O)OOC. The molecule has 0 bridgehead atoms. The third kappa shape index (κ3) is 3.18. The molecule has 2 atom stereocenters. The molecule has 0 N–H and O–H groups in total. The van der Waals surface area contributed by atoms with Crippen molar-refractivity contribution in [1.29, 1.82) is 0 Å². The highest BCUT2D eigenvalue weighted by Crippen LogP contribution is 2.32. The summed E-state index contributed by atoms with van der Waals surface area (Å²) in [4.78, 5) is 40.6. The third-order valence-electron chi connectivity index (χ3n) is 2.70. The van der Waals surface area contributed by atoms with Crippen LogP contribution in [-0.2, 0) is 29.1 Å². The Morgan fingerprint density at radius 1 is 0.875 bits per heavy atom. The molecule has 1 rings (SSSR count). The lowest BCUT2D eigenvalue weighted by atomic mass is 9.79. The van der Waals surface area contributed by atoms with E-state index in [9.17, 15) is 9.59 Å². The lowest BCUT2D eigenvalue weighted by molar-refractivity contribution is -0.270. The predicted molar refractivity (Wildman–Crippen MR) is 51.7 cm³/mol. The minimum absolute atomic E-state index is 0.503. The largest absolute Gasteiger partial charge is 0.346 e. The Morgan fingerprint density at radius 2 is 1.25 bits per heavy atom. The van der Waals surface area contributed by atoms with Crippen molar-refractivity contribution in [2.24, 2.45) is 11.8 Å². The van der Waals surface area contributed by atoms with Crippen LogP contribution in [0.4, 0.5) is 0 Å². The van der Waals surface area contributed by atoms with Crippen LogP contribution < -0.4 is 0 Å². The van der Waals surface area contributed by atoms with E-state index < -0.39 is 23.8 Å². The summed E-state index contributed by atoms with van der Waals surface area (Å²) in [5.74, 6) is -2.06. The van der Waals surface area contributed by atoms with Crippen LogP contribution in [0.5, 0.6) is 0 Å². The molecule has 0 saturated heterocycles. The Balaban J connectivity index is 2.63. The number of hydrogen-bond donors (Lipinski definition) is 0. The molecule has 1 saturated carbocycles. The first-order valence-corrected chi connectivity index (χ1v) is 5.19. The van der Waals surface area contributed by atoms with Crippen molar-refractivity contribution in [2.75, 3.05) is 14.2 Å². The topological polar surface area (TPSA) is 71.1 Å². The fourth-order valence-electron chi connectivity index (χ4n) is 1.98. The normalized spacial score (nSPS) is 24.9. The van der Waals surface area contributed by atoms with Crippen molar-refractivity contribution in [3.05, 3.63) is 0 Å². The van der Waals surface area contributed by atoms with Gasteiger partial charge in [0.1, 0.15) is 0 Å². The Bertz CT molecular complexity index is 226. The van der Waals surface area contributed by atoms with E-state index in [1.54, 1.807) is 0 Å². The summed E-state index contributed by atoms with van der Waals surface area (Å²) in [7, 11) is 2.51. The molecule has 0 aromatic carbocycles. The smallest absolute Gasteiger partial charge is 0.298 e. The van der Waals surface area contributed by atoms with Gasteiger partial charge < -0.3 is 0 Å². The van der Waals surface area contributed by atoms with Crippen molar-refractivity contribution in [2.45, 2.75) is 25.7 Å². The second-order valence-electron chi connectivity index (χ2n) is 3.64. The highest BCUT2D eigenvalue weighted by molar-refractivity contribution is 5.81. The third-order valence-corrected chi connectivity index (χ3v) is 2.70. The molecule has 0 unspecified atom stereocenters. The fourth-order valence-corrected chi connectivity index (χ4v) is 1.98. The molecule has 1 fully saturated rings. The fraction of sp³-hybridized carbons (Fsp3) is 0.800. The highest BCUT2D eigenvalue weighted by Gasteiger charge is 2.38. The first kappa shape index (κ1) is 12.9. The van der Waals surface area contributed by atoms with Crippen LogP contribution in [-0.4, -0.2) is 26.2 Å². The van der Waals surface area contributed by atoms with Gasteiger partial charge in [-0.2, -0.15) is 9.78 Å². The van der Waals surface area contributed by atoms with Gasteiger partial charge in [-0.25, -0.2) is 9.59 Å². The lowest BCUT2D eigenvalue weighted by Crippen LogP contribution is -2.34. The maximum atomic E-state index is 11.5. The van der Waals surface area contributed by atoms with Gasteiger partial charge in [0.2, 0.25) is 0 Å². The molecule has 0 amide bonds. The number of carbonyl (C=O) groups is 2. The summed E-state index contributed by atoms with van der Waals surface area (Å²) in [6.45, 7) is 0. The average molecular weight is 232 g/mol. The van der Waals surface area contributed by atoms with Crippen LogP contribution >= 0.6 is 0 Å². The molecule has 6 heteroatoms. The zero-order valence-corrected chi connectivity index (χ0v) is 9.43. The van der Waals surface area contributed by atoms with Crippen LogP contribution in [0.15, 0.2) is 0 Å².